The van der Waals surface area contributed by atoms with Crippen molar-refractivity contribution in [2.45, 2.75) is 110 Å². The third-order valence-electron chi connectivity index (χ3n) is 28.3. The summed E-state index contributed by atoms with van der Waals surface area (Å²) >= 11 is 0. The number of benzene rings is 5. The lowest BCUT2D eigenvalue weighted by Crippen LogP contribution is -2.50. The van der Waals surface area contributed by atoms with E-state index in [1.54, 1.807) is 87.7 Å². The Bertz CT molecular complexity index is 8290. The number of anilines is 3. The molecule has 2 bridgehead atoms. The number of nitrogens with one attached hydrogen (secondary N) is 2. The summed E-state index contributed by atoms with van der Waals surface area (Å²) < 4.78 is 60.5. The van der Waals surface area contributed by atoms with Gasteiger partial charge in [-0.1, -0.05) is 31.2 Å². The molecule has 13 aromatic heterocycles. The molecule has 33 nitrogen and oxygen atoms in total. The summed E-state index contributed by atoms with van der Waals surface area (Å²) in [7, 11) is 10.8. The molecule has 0 saturated carbocycles. The molecule has 5 saturated heterocycles. The lowest BCUT2D eigenvalue weighted by molar-refractivity contribution is 0.161. The molecule has 0 spiro atoms. The van der Waals surface area contributed by atoms with Crippen molar-refractivity contribution in [3.05, 3.63) is 299 Å². The molecule has 19 heterocycles. The molecule has 2 N–H and O–H groups in total. The highest BCUT2D eigenvalue weighted by atomic mass is 19.1. The van der Waals surface area contributed by atoms with Crippen molar-refractivity contribution in [1.82, 2.24) is 87.2 Å². The van der Waals surface area contributed by atoms with E-state index < -0.39 is 5.82 Å². The van der Waals surface area contributed by atoms with E-state index >= 15 is 0 Å². The first-order valence-electron chi connectivity index (χ1n) is 49.3. The van der Waals surface area contributed by atoms with Crippen LogP contribution >= 0.6 is 0 Å². The highest BCUT2D eigenvalue weighted by Gasteiger charge is 2.39. The number of aromatic nitrogens is 13. The van der Waals surface area contributed by atoms with Gasteiger partial charge < -0.3 is 67.3 Å². The summed E-state index contributed by atoms with van der Waals surface area (Å²) in [5.41, 5.74) is 19.3. The summed E-state index contributed by atoms with van der Waals surface area (Å²) in [6.45, 7) is 24.4. The van der Waals surface area contributed by atoms with Crippen molar-refractivity contribution >= 4 is 84.2 Å². The molecule has 0 radical (unpaired) electrons. The SMILES string of the molecule is CCCN1CC=C(c2ccc3nc(-c4cc(F)c5nc(C)oc5c4)cc(=O)n3c2)CC1.COc1ccc(-c2cc(=O)n3cc(C4C[C@H]5CC[C@@H](C4)N5C)ccc3n2)cc1OC.COc1ccc(-c2cc(=O)n3cc(N4CCNC[C@H]4C)ccc3n2)cc1OC.Cc1nc2ccc(-c3cc(=O)n4cc(N5CCN(C)CC5)ccc4n3)cc2o1.Cc1nc2ccc(-c3cc(=O)n4cc(N5CCN[C@@H](C)C5)ccc4n3)cc2o1. The van der Waals surface area contributed by atoms with Crippen LogP contribution in [0.2, 0.25) is 0 Å². The fraction of sp³-hybridized carbons (Fsp3) is 0.324. The lowest BCUT2D eigenvalue weighted by atomic mass is 9.86. The molecular weight excluding hydrogens is 1840 g/mol. The predicted molar refractivity (Wildman–Crippen MR) is 563 cm³/mol. The zero-order chi connectivity index (χ0) is 101. The first-order chi connectivity index (χ1) is 70.3. The smallest absolute Gasteiger partial charge is 0.258 e. The maximum atomic E-state index is 14.5. The number of aryl methyl sites for hydroxylation is 3. The molecule has 5 atom stereocenters. The second kappa shape index (κ2) is 41.7. The predicted octanol–water partition coefficient (Wildman–Crippen LogP) is 15.5. The first kappa shape index (κ1) is 96.9. The first-order valence-corrected chi connectivity index (χ1v) is 49.3. The van der Waals surface area contributed by atoms with Crippen LogP contribution in [0, 0.1) is 26.6 Å². The Hall–Kier alpha value is -15.6. The number of likely N-dealkylation sites (N-methyl/N-ethyl adjacent to an activating group) is 1. The van der Waals surface area contributed by atoms with Gasteiger partial charge in [0, 0.05) is 213 Å². The van der Waals surface area contributed by atoms with E-state index in [1.807, 2.05) is 172 Å². The lowest BCUT2D eigenvalue weighted by Gasteiger charge is -2.36. The van der Waals surface area contributed by atoms with Gasteiger partial charge in [0.15, 0.2) is 63.2 Å². The van der Waals surface area contributed by atoms with E-state index in [4.69, 9.17) is 47.2 Å². The normalized spacial score (nSPS) is 17.8. The number of rotatable bonds is 16. The van der Waals surface area contributed by atoms with Crippen LogP contribution in [0.5, 0.6) is 23.0 Å². The number of methoxy groups -OCH3 is 4. The fourth-order valence-corrected chi connectivity index (χ4v) is 20.5. The van der Waals surface area contributed by atoms with Crippen molar-refractivity contribution in [2.24, 2.45) is 0 Å². The quantitative estimate of drug-likeness (QED) is 0.0907. The second-order valence-corrected chi connectivity index (χ2v) is 37.9. The molecule has 6 aliphatic rings. The van der Waals surface area contributed by atoms with E-state index in [0.717, 1.165) is 154 Å². The zero-order valence-corrected chi connectivity index (χ0v) is 83.3. The molecule has 5 fully saturated rings. The fourth-order valence-electron chi connectivity index (χ4n) is 20.5. The third-order valence-corrected chi connectivity index (χ3v) is 28.3. The number of hydrogen-bond donors (Lipinski definition) is 2. The average molecular weight is 1960 g/mol. The molecule has 6 aliphatic heterocycles. The average Bonchev–Trinajstić information content (AvgIpc) is 1.42. The van der Waals surface area contributed by atoms with Crippen LogP contribution in [0.25, 0.3) is 123 Å². The number of halogens is 1. The molecule has 0 aliphatic carbocycles. The summed E-state index contributed by atoms with van der Waals surface area (Å²) in [5.74, 6) is 4.15. The van der Waals surface area contributed by atoms with Crippen molar-refractivity contribution in [2.75, 3.05) is 142 Å². The van der Waals surface area contributed by atoms with E-state index in [0.29, 0.717) is 150 Å². The van der Waals surface area contributed by atoms with Gasteiger partial charge in [-0.25, -0.2) is 44.3 Å². The number of hydrogen-bond acceptors (Lipinski definition) is 28. The number of ether oxygens (including phenoxy) is 4. The van der Waals surface area contributed by atoms with Gasteiger partial charge in [-0.2, -0.15) is 0 Å². The van der Waals surface area contributed by atoms with Crippen LogP contribution in [-0.2, 0) is 0 Å². The van der Waals surface area contributed by atoms with Gasteiger partial charge in [0.1, 0.15) is 44.8 Å². The highest BCUT2D eigenvalue weighted by Crippen LogP contribution is 2.43. The van der Waals surface area contributed by atoms with Crippen LogP contribution in [0.4, 0.5) is 21.5 Å². The third kappa shape index (κ3) is 20.7. The molecule has 5 aromatic carbocycles. The second-order valence-electron chi connectivity index (χ2n) is 37.9. The summed E-state index contributed by atoms with van der Waals surface area (Å²) in [6.07, 6.45) is 18.8. The Labute approximate surface area is 834 Å². The molecule has 34 heteroatoms. The number of piperidine rings is 1. The minimum atomic E-state index is -0.497. The molecule has 0 amide bonds. The standard InChI is InChI=1S/C24H23FN4O2.C24H27N3O3.2C21H21N5O2.C21H24N4O3/c1-3-8-28-9-6-16(7-10-28)17-4-5-22-27-20(13-23(30)29(22)14-17)18-11-19(25)24-21(12-18)31-15(2)26-24;1-26-18-6-7-19(26)11-17(10-18)16-5-9-23-25-20(13-24(28)27(23)14-16)15-4-8-21(29-2)22(12-15)30-3;1-14-22-17-5-3-15(11-19(17)28-14)18-12-21(27)26-13-16(4-6-20(26)23-18)25-9-7-24(2)8-10-25;1-13-11-25(8-7-22-13)16-4-6-20-24-18(10-21(27)26(20)12-16)15-3-5-17-19(9-15)28-14(2)23-17;1-14-12-22-8-9-24(14)16-5-7-20-23-17(11-21(26)25(20)13-16)15-4-6-18(27-2)19(10-15)28-3/h4-6,11-14H,3,7-10H2,1-2H3;4-5,8-9,12-14,17-19H,6-7,10-11H2,1-3H3;3-6,11-13H,7-10H2,1-2H3;3-6,9-10,12-13,22H,7-8,11H2,1-2H3;4-7,10-11,13-14,22H,8-9,12H2,1-3H3/t;17?,18-,19+;;13-;14-/m...01/s1. The number of fused-ring (bicyclic) bond motifs is 10. The molecule has 18 aromatic rings. The van der Waals surface area contributed by atoms with Crippen LogP contribution in [0.15, 0.2) is 250 Å². The number of piperazine rings is 3. The van der Waals surface area contributed by atoms with E-state index in [2.05, 4.69) is 112 Å². The maximum absolute atomic E-state index is 14.5. The minimum absolute atomic E-state index is 0.0671. The molecular formula is C111H116FN21O12. The van der Waals surface area contributed by atoms with Gasteiger partial charge >= 0.3 is 0 Å². The van der Waals surface area contributed by atoms with Gasteiger partial charge in [0.05, 0.1) is 74.0 Å². The van der Waals surface area contributed by atoms with E-state index in [1.165, 1.54) is 49.0 Å². The van der Waals surface area contributed by atoms with E-state index in [-0.39, 0.29) is 33.3 Å². The van der Waals surface area contributed by atoms with Crippen molar-refractivity contribution in [3.63, 3.8) is 0 Å². The Kier molecular flexibility index (Phi) is 27.9. The van der Waals surface area contributed by atoms with Gasteiger partial charge in [-0.05, 0) is 223 Å². The largest absolute Gasteiger partial charge is 0.493 e. The van der Waals surface area contributed by atoms with Crippen LogP contribution < -0.4 is 72.1 Å². The minimum Gasteiger partial charge on any atom is -0.493 e. The number of oxazole rings is 3. The van der Waals surface area contributed by atoms with Crippen molar-refractivity contribution < 1.29 is 36.6 Å². The Balaban J connectivity index is 0.000000110. The topological polar surface area (TPSA) is 330 Å². The van der Waals surface area contributed by atoms with Crippen LogP contribution in [0.3, 0.4) is 0 Å². The molecule has 744 valence electrons. The molecule has 24 rings (SSSR count). The Morgan fingerprint density at radius 3 is 1.38 bits per heavy atom. The van der Waals surface area contributed by atoms with Gasteiger partial charge in [-0.3, -0.25) is 50.9 Å². The van der Waals surface area contributed by atoms with Crippen LogP contribution in [-0.4, -0.2) is 228 Å². The van der Waals surface area contributed by atoms with E-state index in [9.17, 15) is 28.4 Å². The van der Waals surface area contributed by atoms with Crippen molar-refractivity contribution in [1.29, 1.82) is 0 Å². The molecule has 1 unspecified atom stereocenters. The number of nitrogens with zero attached hydrogens (tertiary/aromatic N) is 19. The van der Waals surface area contributed by atoms with Crippen LogP contribution in [0.1, 0.15) is 94.0 Å². The maximum Gasteiger partial charge on any atom is 0.258 e. The Morgan fingerprint density at radius 2 is 0.876 bits per heavy atom. The summed E-state index contributed by atoms with van der Waals surface area (Å²) in [5, 5.41) is 6.82. The van der Waals surface area contributed by atoms with Gasteiger partial charge in [-0.15, -0.1) is 0 Å². The highest BCUT2D eigenvalue weighted by molar-refractivity contribution is 5.83. The summed E-state index contributed by atoms with van der Waals surface area (Å²) in [6, 6.07) is 55.1. The van der Waals surface area contributed by atoms with Crippen molar-refractivity contribution in [3.8, 4) is 79.3 Å². The zero-order valence-electron chi connectivity index (χ0n) is 83.3. The van der Waals surface area contributed by atoms with Gasteiger partial charge in [0.2, 0.25) is 0 Å². The number of pyridine rings is 5. The summed E-state index contributed by atoms with van der Waals surface area (Å²) in [4.78, 5) is 114. The Morgan fingerprint density at radius 1 is 0.428 bits per heavy atom. The van der Waals surface area contributed by atoms with Gasteiger partial charge in [0.25, 0.3) is 27.8 Å². The monoisotopic (exact) mass is 1950 g/mol. The molecule has 145 heavy (non-hydrogen) atoms.